The number of aryl methyl sites for hydroxylation is 1. The number of anilines is 1. The number of fused-ring (bicyclic) bond motifs is 1. The molecule has 0 aliphatic carbocycles. The molecule has 0 unspecified atom stereocenters. The summed E-state index contributed by atoms with van der Waals surface area (Å²) in [7, 11) is 0. The molecular formula is C20H22ClN3O. The summed E-state index contributed by atoms with van der Waals surface area (Å²) in [4.78, 5) is 17.2. The molecule has 0 aliphatic heterocycles. The third kappa shape index (κ3) is 4.02. The highest BCUT2D eigenvalue weighted by Gasteiger charge is 2.20. The molecule has 130 valence electrons. The van der Waals surface area contributed by atoms with Gasteiger partial charge in [-0.1, -0.05) is 50.6 Å². The highest BCUT2D eigenvalue weighted by molar-refractivity contribution is 6.30. The van der Waals surface area contributed by atoms with Crippen LogP contribution in [0.25, 0.3) is 16.9 Å². The molecule has 2 aromatic heterocycles. The summed E-state index contributed by atoms with van der Waals surface area (Å²) in [5, 5.41) is 3.69. The molecule has 1 amide bonds. The van der Waals surface area contributed by atoms with Crippen LogP contribution in [0.1, 0.15) is 32.8 Å². The minimum absolute atomic E-state index is 0.0286. The van der Waals surface area contributed by atoms with Gasteiger partial charge in [0.15, 0.2) is 0 Å². The van der Waals surface area contributed by atoms with Gasteiger partial charge in [0.1, 0.15) is 17.2 Å². The lowest BCUT2D eigenvalue weighted by Gasteiger charge is -2.17. The number of imidazole rings is 1. The van der Waals surface area contributed by atoms with Crippen molar-refractivity contribution in [3.63, 3.8) is 0 Å². The van der Waals surface area contributed by atoms with Gasteiger partial charge in [-0.15, -0.1) is 0 Å². The number of rotatable bonds is 3. The Morgan fingerprint density at radius 1 is 1.24 bits per heavy atom. The number of amides is 1. The zero-order chi connectivity index (χ0) is 18.2. The van der Waals surface area contributed by atoms with Crippen LogP contribution in [0.4, 0.5) is 5.82 Å². The molecule has 0 spiro atoms. The Bertz CT molecular complexity index is 938. The average Bonchev–Trinajstić information content (AvgIpc) is 2.83. The van der Waals surface area contributed by atoms with Crippen molar-refractivity contribution >= 4 is 29.0 Å². The van der Waals surface area contributed by atoms with Crippen molar-refractivity contribution in [2.24, 2.45) is 5.41 Å². The van der Waals surface area contributed by atoms with E-state index < -0.39 is 0 Å². The molecule has 0 fully saturated rings. The van der Waals surface area contributed by atoms with Crippen LogP contribution in [0, 0.1) is 12.3 Å². The van der Waals surface area contributed by atoms with Gasteiger partial charge in [0.25, 0.3) is 0 Å². The molecule has 0 saturated heterocycles. The summed E-state index contributed by atoms with van der Waals surface area (Å²) in [5.41, 5.74) is 3.38. The summed E-state index contributed by atoms with van der Waals surface area (Å²) in [6.45, 7) is 8.15. The van der Waals surface area contributed by atoms with Gasteiger partial charge in [0.2, 0.25) is 5.91 Å². The minimum atomic E-state index is -0.0866. The van der Waals surface area contributed by atoms with Crippen molar-refractivity contribution < 1.29 is 4.79 Å². The van der Waals surface area contributed by atoms with Gasteiger partial charge in [-0.25, -0.2) is 4.98 Å². The number of benzene rings is 1. The lowest BCUT2D eigenvalue weighted by Crippen LogP contribution is -2.20. The Hall–Kier alpha value is -2.33. The summed E-state index contributed by atoms with van der Waals surface area (Å²) >= 11 is 6.14. The van der Waals surface area contributed by atoms with Crippen LogP contribution in [-0.2, 0) is 4.79 Å². The maximum atomic E-state index is 12.5. The number of nitrogens with one attached hydrogen (secondary N) is 1. The molecule has 25 heavy (non-hydrogen) atoms. The standard InChI is InChI=1S/C20H22ClN3O/c1-13-8-9-16-22-18(14-6-5-7-15(21)10-14)19(24(16)12-13)23-17(25)11-20(2,3)4/h5-10,12H,11H2,1-4H3,(H,23,25). The molecule has 5 heteroatoms. The summed E-state index contributed by atoms with van der Waals surface area (Å²) in [5.74, 6) is 0.648. The average molecular weight is 356 g/mol. The fourth-order valence-corrected chi connectivity index (χ4v) is 2.96. The highest BCUT2D eigenvalue weighted by Crippen LogP contribution is 2.31. The monoisotopic (exact) mass is 355 g/mol. The molecule has 4 nitrogen and oxygen atoms in total. The summed E-state index contributed by atoms with van der Waals surface area (Å²) < 4.78 is 1.92. The Morgan fingerprint density at radius 3 is 2.68 bits per heavy atom. The highest BCUT2D eigenvalue weighted by atomic mass is 35.5. The predicted octanol–water partition coefficient (Wildman–Crippen LogP) is 5.34. The van der Waals surface area contributed by atoms with Crippen LogP contribution in [-0.4, -0.2) is 15.3 Å². The second kappa shape index (κ2) is 6.52. The van der Waals surface area contributed by atoms with E-state index in [1.165, 1.54) is 0 Å². The van der Waals surface area contributed by atoms with Crippen molar-refractivity contribution in [3.8, 4) is 11.3 Å². The maximum absolute atomic E-state index is 12.5. The van der Waals surface area contributed by atoms with Gasteiger partial charge in [-0.3, -0.25) is 9.20 Å². The Kier molecular flexibility index (Phi) is 4.56. The zero-order valence-electron chi connectivity index (χ0n) is 14.9. The normalized spacial score (nSPS) is 11.7. The van der Waals surface area contributed by atoms with Gasteiger partial charge >= 0.3 is 0 Å². The minimum Gasteiger partial charge on any atom is -0.310 e. The van der Waals surface area contributed by atoms with E-state index in [1.54, 1.807) is 0 Å². The largest absolute Gasteiger partial charge is 0.310 e. The first kappa shape index (κ1) is 17.5. The van der Waals surface area contributed by atoms with Gasteiger partial charge in [0, 0.05) is 23.2 Å². The molecule has 0 saturated carbocycles. The molecule has 1 aromatic carbocycles. The first-order valence-electron chi connectivity index (χ1n) is 8.27. The number of hydrogen-bond acceptors (Lipinski definition) is 2. The molecule has 0 bridgehead atoms. The summed E-state index contributed by atoms with van der Waals surface area (Å²) in [6, 6.07) is 11.5. The molecule has 3 aromatic rings. The zero-order valence-corrected chi connectivity index (χ0v) is 15.7. The molecule has 1 N–H and O–H groups in total. The molecule has 0 atom stereocenters. The quantitative estimate of drug-likeness (QED) is 0.689. The van der Waals surface area contributed by atoms with E-state index in [-0.39, 0.29) is 11.3 Å². The molecule has 0 aliphatic rings. The van der Waals surface area contributed by atoms with E-state index in [0.29, 0.717) is 17.3 Å². The number of carbonyl (C=O) groups excluding carboxylic acids is 1. The van der Waals surface area contributed by atoms with Crippen molar-refractivity contribution in [2.75, 3.05) is 5.32 Å². The van der Waals surface area contributed by atoms with E-state index in [4.69, 9.17) is 16.6 Å². The number of aromatic nitrogens is 2. The third-order valence-corrected chi connectivity index (χ3v) is 4.05. The lowest BCUT2D eigenvalue weighted by molar-refractivity contribution is -0.117. The van der Waals surface area contributed by atoms with Gasteiger partial charge in [0.05, 0.1) is 0 Å². The third-order valence-electron chi connectivity index (χ3n) is 3.81. The number of halogens is 1. The van der Waals surface area contributed by atoms with Crippen LogP contribution < -0.4 is 5.32 Å². The number of hydrogen-bond donors (Lipinski definition) is 1. The number of pyridine rings is 1. The number of nitrogens with zero attached hydrogens (tertiary/aromatic N) is 2. The topological polar surface area (TPSA) is 46.4 Å². The van der Waals surface area contributed by atoms with Crippen LogP contribution in [0.15, 0.2) is 42.6 Å². The lowest BCUT2D eigenvalue weighted by atomic mass is 9.92. The van der Waals surface area contributed by atoms with E-state index >= 15 is 0 Å². The molecular weight excluding hydrogens is 334 g/mol. The van der Waals surface area contributed by atoms with E-state index in [1.807, 2.05) is 74.7 Å². The Balaban J connectivity index is 2.11. The van der Waals surface area contributed by atoms with Crippen molar-refractivity contribution in [1.29, 1.82) is 0 Å². The fraction of sp³-hybridized carbons (Fsp3) is 0.300. The predicted molar refractivity (Wildman–Crippen MR) is 103 cm³/mol. The molecule has 2 heterocycles. The second-order valence-corrected chi connectivity index (χ2v) is 7.98. The van der Waals surface area contributed by atoms with Crippen LogP contribution in [0.2, 0.25) is 5.02 Å². The molecule has 0 radical (unpaired) electrons. The van der Waals surface area contributed by atoms with E-state index in [0.717, 1.165) is 22.5 Å². The maximum Gasteiger partial charge on any atom is 0.226 e. The first-order chi connectivity index (χ1) is 11.7. The second-order valence-electron chi connectivity index (χ2n) is 7.54. The van der Waals surface area contributed by atoms with Crippen LogP contribution in [0.3, 0.4) is 0 Å². The van der Waals surface area contributed by atoms with Gasteiger partial charge in [-0.05, 0) is 36.1 Å². The Labute approximate surface area is 152 Å². The fourth-order valence-electron chi connectivity index (χ4n) is 2.77. The van der Waals surface area contributed by atoms with Gasteiger partial charge < -0.3 is 5.32 Å². The Morgan fingerprint density at radius 2 is 2.00 bits per heavy atom. The van der Waals surface area contributed by atoms with E-state index in [2.05, 4.69) is 5.32 Å². The molecule has 3 rings (SSSR count). The van der Waals surface area contributed by atoms with Crippen molar-refractivity contribution in [1.82, 2.24) is 9.38 Å². The smallest absolute Gasteiger partial charge is 0.226 e. The van der Waals surface area contributed by atoms with Crippen molar-refractivity contribution in [3.05, 3.63) is 53.2 Å². The SMILES string of the molecule is Cc1ccc2nc(-c3cccc(Cl)c3)c(NC(=O)CC(C)(C)C)n2c1. The van der Waals surface area contributed by atoms with Crippen LogP contribution in [0.5, 0.6) is 0 Å². The van der Waals surface area contributed by atoms with Crippen molar-refractivity contribution in [2.45, 2.75) is 34.1 Å². The van der Waals surface area contributed by atoms with Gasteiger partial charge in [-0.2, -0.15) is 0 Å². The number of carbonyl (C=O) groups is 1. The van der Waals surface area contributed by atoms with Crippen LogP contribution >= 0.6 is 11.6 Å². The summed E-state index contributed by atoms with van der Waals surface area (Å²) in [6.07, 6.45) is 2.41. The van der Waals surface area contributed by atoms with E-state index in [9.17, 15) is 4.79 Å². The first-order valence-corrected chi connectivity index (χ1v) is 8.65.